The van der Waals surface area contributed by atoms with Crippen LogP contribution in [-0.4, -0.2) is 140 Å². The molecule has 0 amide bonds. The second-order valence-electron chi connectivity index (χ2n) is 9.45. The lowest BCUT2D eigenvalue weighted by atomic mass is 9.95. The summed E-state index contributed by atoms with van der Waals surface area (Å²) in [5.41, 5.74) is 11.0. The van der Waals surface area contributed by atoms with Crippen LogP contribution < -0.4 is 11.5 Å². The molecule has 0 radical (unpaired) electrons. The topological polar surface area (TPSA) is 183 Å². The van der Waals surface area contributed by atoms with Gasteiger partial charge in [0.2, 0.25) is 0 Å². The minimum atomic E-state index is -0.984. The van der Waals surface area contributed by atoms with Crippen LogP contribution in [0.5, 0.6) is 0 Å². The highest BCUT2D eigenvalue weighted by Gasteiger charge is 2.50. The largest absolute Gasteiger partial charge is 0.388 e. The molecule has 4 heterocycles. The number of ether oxygens (including phenoxy) is 2. The van der Waals surface area contributed by atoms with E-state index < -0.39 is 48.7 Å². The summed E-state index contributed by atoms with van der Waals surface area (Å²) in [5.74, 6) is 0. The number of aliphatic imine (C=N–C) groups is 2. The minimum Gasteiger partial charge on any atom is -0.388 e. The van der Waals surface area contributed by atoms with Crippen LogP contribution in [-0.2, 0) is 9.47 Å². The standard InChI is InChI=1S/2C10H19N3O3S/c2*1-4(11)8-7(15)6(14)5-9(16-8)17-10(12-5)13(2)3/h2*4-9,14-15H,11H2,1-3H3/t4-,5+,6+,7-,8+,9+;4-,5-,6-,7+,8-,9-/m01/s1. The molecule has 4 aliphatic rings. The molecule has 196 valence electrons. The average Bonchev–Trinajstić information content (AvgIpc) is 3.38. The lowest BCUT2D eigenvalue weighted by molar-refractivity contribution is -0.157. The Morgan fingerprint density at radius 1 is 0.706 bits per heavy atom. The molecular formula is C20H38N6O6S2. The molecule has 2 saturated heterocycles. The third-order valence-electron chi connectivity index (χ3n) is 5.98. The Hall–Kier alpha value is -0.680. The zero-order chi connectivity index (χ0) is 25.5. The van der Waals surface area contributed by atoms with Crippen molar-refractivity contribution < 1.29 is 29.9 Å². The highest BCUT2D eigenvalue weighted by Crippen LogP contribution is 2.38. The molecular weight excluding hydrogens is 484 g/mol. The normalized spacial score (nSPS) is 42.9. The molecule has 0 spiro atoms. The minimum absolute atomic E-state index is 0.262. The molecule has 0 unspecified atom stereocenters. The maximum absolute atomic E-state index is 10.0. The Morgan fingerprint density at radius 3 is 1.29 bits per heavy atom. The van der Waals surface area contributed by atoms with Gasteiger partial charge in [-0.25, -0.2) is 0 Å². The number of aliphatic hydroxyl groups excluding tert-OH is 4. The summed E-state index contributed by atoms with van der Waals surface area (Å²) >= 11 is 2.91. The SMILES string of the molecule is C[C@@H](N)[C@H]1O[C@@H]2SC(N(C)C)=N[C@@H]2[C@@H](O)[C@@H]1O.C[C@H](N)[C@H]1O[C@@H]2SC(N(C)C)=N[C@@H]2[C@@H](O)[C@@H]1O. The molecule has 14 heteroatoms. The predicted molar refractivity (Wildman–Crippen MR) is 134 cm³/mol. The maximum Gasteiger partial charge on any atom is 0.161 e. The summed E-state index contributed by atoms with van der Waals surface area (Å²) in [6.45, 7) is 3.52. The molecule has 8 N–H and O–H groups in total. The summed E-state index contributed by atoms with van der Waals surface area (Å²) in [5, 5.41) is 41.6. The summed E-state index contributed by atoms with van der Waals surface area (Å²) in [6, 6.07) is -1.49. The first-order valence-corrected chi connectivity index (χ1v) is 13.0. The van der Waals surface area contributed by atoms with Crippen molar-refractivity contribution in [1.82, 2.24) is 9.80 Å². The number of thioether (sulfide) groups is 2. The van der Waals surface area contributed by atoms with Gasteiger partial charge in [-0.05, 0) is 13.8 Å². The molecule has 0 saturated carbocycles. The van der Waals surface area contributed by atoms with E-state index in [2.05, 4.69) is 9.98 Å². The highest BCUT2D eigenvalue weighted by molar-refractivity contribution is 8.14. The third kappa shape index (κ3) is 5.66. The van der Waals surface area contributed by atoms with Crippen LogP contribution in [0.1, 0.15) is 13.8 Å². The van der Waals surface area contributed by atoms with Gasteiger partial charge in [-0.3, -0.25) is 9.98 Å². The van der Waals surface area contributed by atoms with Crippen molar-refractivity contribution in [3.8, 4) is 0 Å². The highest BCUT2D eigenvalue weighted by atomic mass is 32.2. The Labute approximate surface area is 208 Å². The van der Waals surface area contributed by atoms with Crippen LogP contribution in [0, 0.1) is 0 Å². The Morgan fingerprint density at radius 2 is 1.03 bits per heavy atom. The van der Waals surface area contributed by atoms with Gasteiger partial charge in [-0.15, -0.1) is 0 Å². The fraction of sp³-hybridized carbons (Fsp3) is 0.900. The van der Waals surface area contributed by atoms with Crippen LogP contribution in [0.25, 0.3) is 0 Å². The fourth-order valence-corrected chi connectivity index (χ4v) is 6.34. The van der Waals surface area contributed by atoms with Gasteiger partial charge < -0.3 is 51.2 Å². The van der Waals surface area contributed by atoms with E-state index >= 15 is 0 Å². The van der Waals surface area contributed by atoms with E-state index in [4.69, 9.17) is 20.9 Å². The van der Waals surface area contributed by atoms with Gasteiger partial charge in [0.25, 0.3) is 0 Å². The van der Waals surface area contributed by atoms with Crippen molar-refractivity contribution >= 4 is 33.9 Å². The van der Waals surface area contributed by atoms with Gasteiger partial charge in [-0.2, -0.15) is 0 Å². The zero-order valence-corrected chi connectivity index (χ0v) is 21.9. The Bertz CT molecular complexity index is 710. The number of rotatable bonds is 2. The number of hydrogen-bond donors (Lipinski definition) is 6. The van der Waals surface area contributed by atoms with E-state index in [1.165, 1.54) is 23.5 Å². The molecule has 0 aliphatic carbocycles. The monoisotopic (exact) mass is 522 g/mol. The molecule has 0 aromatic heterocycles. The van der Waals surface area contributed by atoms with Crippen molar-refractivity contribution in [1.29, 1.82) is 0 Å². The van der Waals surface area contributed by atoms with E-state index in [0.717, 1.165) is 10.3 Å². The quantitative estimate of drug-likeness (QED) is 0.227. The molecule has 12 nitrogen and oxygen atoms in total. The van der Waals surface area contributed by atoms with Crippen LogP contribution in [0.2, 0.25) is 0 Å². The van der Waals surface area contributed by atoms with Crippen LogP contribution in [0.3, 0.4) is 0 Å². The molecule has 2 fully saturated rings. The molecule has 0 bridgehead atoms. The second kappa shape index (κ2) is 11.2. The summed E-state index contributed by atoms with van der Waals surface area (Å²) in [4.78, 5) is 12.5. The summed E-state index contributed by atoms with van der Waals surface area (Å²) in [6.07, 6.45) is -4.90. The van der Waals surface area contributed by atoms with E-state index in [1.807, 2.05) is 38.0 Å². The first kappa shape index (κ1) is 27.9. The van der Waals surface area contributed by atoms with E-state index in [9.17, 15) is 20.4 Å². The van der Waals surface area contributed by atoms with Gasteiger partial charge >= 0.3 is 0 Å². The predicted octanol–water partition coefficient (Wildman–Crippen LogP) is -2.37. The first-order valence-electron chi connectivity index (χ1n) is 11.2. The molecule has 12 atom stereocenters. The van der Waals surface area contributed by atoms with Crippen molar-refractivity contribution in [2.75, 3.05) is 28.2 Å². The molecule has 4 aliphatic heterocycles. The van der Waals surface area contributed by atoms with Crippen molar-refractivity contribution in [2.45, 2.75) is 85.5 Å². The van der Waals surface area contributed by atoms with Crippen LogP contribution in [0.4, 0.5) is 0 Å². The Kier molecular flexibility index (Phi) is 9.15. The zero-order valence-electron chi connectivity index (χ0n) is 20.3. The number of hydrogen-bond acceptors (Lipinski definition) is 14. The van der Waals surface area contributed by atoms with Gasteiger partial charge in [0.05, 0.1) is 0 Å². The van der Waals surface area contributed by atoms with E-state index in [0.29, 0.717) is 0 Å². The van der Waals surface area contributed by atoms with Crippen molar-refractivity contribution in [3.63, 3.8) is 0 Å². The van der Waals surface area contributed by atoms with E-state index in [-0.39, 0.29) is 23.0 Å². The van der Waals surface area contributed by atoms with Gasteiger partial charge in [0, 0.05) is 40.3 Å². The molecule has 4 rings (SSSR count). The average molecular weight is 523 g/mol. The lowest BCUT2D eigenvalue weighted by Crippen LogP contribution is -2.59. The molecule has 34 heavy (non-hydrogen) atoms. The molecule has 0 aromatic carbocycles. The van der Waals surface area contributed by atoms with Crippen LogP contribution >= 0.6 is 23.5 Å². The van der Waals surface area contributed by atoms with Crippen molar-refractivity contribution in [2.24, 2.45) is 21.5 Å². The maximum atomic E-state index is 10.0. The lowest BCUT2D eigenvalue weighted by Gasteiger charge is -2.39. The molecule has 0 aromatic rings. The smallest absolute Gasteiger partial charge is 0.161 e. The Balaban J connectivity index is 0.000000191. The van der Waals surface area contributed by atoms with Crippen molar-refractivity contribution in [3.05, 3.63) is 0 Å². The van der Waals surface area contributed by atoms with Crippen LogP contribution in [0.15, 0.2) is 9.98 Å². The number of amidine groups is 2. The van der Waals surface area contributed by atoms with E-state index in [1.54, 1.807) is 13.8 Å². The third-order valence-corrected chi connectivity index (χ3v) is 8.58. The number of nitrogens with two attached hydrogens (primary N) is 2. The first-order chi connectivity index (χ1) is 15.8. The second-order valence-corrected chi connectivity index (χ2v) is 11.6. The summed E-state index contributed by atoms with van der Waals surface area (Å²) < 4.78 is 11.4. The van der Waals surface area contributed by atoms with Gasteiger partial charge in [-0.1, -0.05) is 23.5 Å². The van der Waals surface area contributed by atoms with Gasteiger partial charge in [0.1, 0.15) is 59.6 Å². The fourth-order valence-electron chi connectivity index (χ4n) is 4.05. The number of aliphatic hydroxyl groups is 4. The number of nitrogens with zero attached hydrogens (tertiary/aromatic N) is 4. The number of fused-ring (bicyclic) bond motifs is 2. The van der Waals surface area contributed by atoms with Gasteiger partial charge in [0.15, 0.2) is 10.3 Å². The summed E-state index contributed by atoms with van der Waals surface area (Å²) in [7, 11) is 7.54.